The molecule has 0 radical (unpaired) electrons. The maximum absolute atomic E-state index is 12.8. The summed E-state index contributed by atoms with van der Waals surface area (Å²) in [5, 5.41) is 3.93. The van der Waals surface area contributed by atoms with Gasteiger partial charge in [-0.1, -0.05) is 18.1 Å². The van der Waals surface area contributed by atoms with E-state index < -0.39 is 11.7 Å². The number of halogens is 3. The Morgan fingerprint density at radius 3 is 2.58 bits per heavy atom. The van der Waals surface area contributed by atoms with Gasteiger partial charge in [0.1, 0.15) is 11.6 Å². The topological polar surface area (TPSA) is 84.6 Å². The molecule has 0 spiro atoms. The number of piperazine rings is 1. The first-order valence-corrected chi connectivity index (χ1v) is 10.5. The number of pyridine rings is 1. The molecule has 0 atom stereocenters. The van der Waals surface area contributed by atoms with Crippen LogP contribution in [0, 0.1) is 0 Å². The zero-order chi connectivity index (χ0) is 23.4. The summed E-state index contributed by atoms with van der Waals surface area (Å²) in [5.41, 5.74) is -0.0625. The van der Waals surface area contributed by atoms with Crippen LogP contribution in [0.15, 0.2) is 47.1 Å². The van der Waals surface area contributed by atoms with Gasteiger partial charge in [0.05, 0.1) is 5.56 Å². The van der Waals surface area contributed by atoms with Crippen LogP contribution in [0.4, 0.5) is 19.0 Å². The van der Waals surface area contributed by atoms with Crippen molar-refractivity contribution in [3.63, 3.8) is 0 Å². The Bertz CT molecular complexity index is 1090. The molecule has 2 aromatic heterocycles. The maximum atomic E-state index is 12.8. The smallest absolute Gasteiger partial charge is 0.416 e. The quantitative estimate of drug-likeness (QED) is 0.556. The highest BCUT2D eigenvalue weighted by Gasteiger charge is 2.30. The Balaban J connectivity index is 1.28. The van der Waals surface area contributed by atoms with Crippen LogP contribution in [0.3, 0.4) is 0 Å². The second-order valence-corrected chi connectivity index (χ2v) is 7.45. The van der Waals surface area contributed by atoms with Gasteiger partial charge in [-0.05, 0) is 30.3 Å². The van der Waals surface area contributed by atoms with Crippen molar-refractivity contribution in [2.24, 2.45) is 0 Å². The monoisotopic (exact) mass is 461 g/mol. The Hall–Kier alpha value is -3.63. The Morgan fingerprint density at radius 2 is 1.94 bits per heavy atom. The number of nitrogens with zero attached hydrogens (tertiary/aromatic N) is 5. The highest BCUT2D eigenvalue weighted by Crippen LogP contribution is 2.31. The third kappa shape index (κ3) is 5.41. The lowest BCUT2D eigenvalue weighted by Crippen LogP contribution is -2.50. The number of benzene rings is 1. The fraction of sp³-hybridized carbons (Fsp3) is 0.364. The summed E-state index contributed by atoms with van der Waals surface area (Å²) in [6.45, 7) is 3.67. The molecule has 174 valence electrons. The molecular weight excluding hydrogens is 439 g/mol. The second kappa shape index (κ2) is 9.47. The third-order valence-corrected chi connectivity index (χ3v) is 5.26. The van der Waals surface area contributed by atoms with Gasteiger partial charge in [-0.15, -0.1) is 0 Å². The Labute approximate surface area is 188 Å². The minimum absolute atomic E-state index is 0.00811. The first kappa shape index (κ1) is 22.6. The van der Waals surface area contributed by atoms with Crippen molar-refractivity contribution >= 4 is 11.7 Å². The van der Waals surface area contributed by atoms with Crippen molar-refractivity contribution in [1.82, 2.24) is 20.0 Å². The van der Waals surface area contributed by atoms with Crippen LogP contribution < -0.4 is 9.64 Å². The number of carbonyl (C=O) groups excluding carboxylic acids is 1. The van der Waals surface area contributed by atoms with Crippen molar-refractivity contribution < 1.29 is 27.2 Å². The van der Waals surface area contributed by atoms with E-state index in [1.165, 1.54) is 12.1 Å². The molecule has 0 bridgehead atoms. The SMILES string of the molecule is CCc1nc(-c2ccc(N3CCN(C(=O)COc4cccc(C(F)(F)F)c4)CC3)nc2)no1. The number of ether oxygens (including phenoxy) is 1. The molecule has 3 aromatic rings. The average Bonchev–Trinajstić information content (AvgIpc) is 3.32. The standard InChI is InChI=1S/C22H22F3N5O3/c1-2-19-27-21(28-33-19)15-6-7-18(26-13-15)29-8-10-30(11-9-29)20(31)14-32-17-5-3-4-16(12-17)22(23,24)25/h3-7,12-13H,2,8-11,14H2,1H3. The van der Waals surface area contributed by atoms with E-state index in [1.807, 2.05) is 19.1 Å². The van der Waals surface area contributed by atoms with Gasteiger partial charge in [0, 0.05) is 44.4 Å². The van der Waals surface area contributed by atoms with Crippen LogP contribution in [0.2, 0.25) is 0 Å². The van der Waals surface area contributed by atoms with E-state index in [-0.39, 0.29) is 18.3 Å². The van der Waals surface area contributed by atoms with Gasteiger partial charge in [0.15, 0.2) is 6.61 Å². The summed E-state index contributed by atoms with van der Waals surface area (Å²) in [4.78, 5) is 24.9. The average molecular weight is 461 g/mol. The van der Waals surface area contributed by atoms with Gasteiger partial charge < -0.3 is 19.1 Å². The molecule has 8 nitrogen and oxygen atoms in total. The first-order valence-electron chi connectivity index (χ1n) is 10.5. The lowest BCUT2D eigenvalue weighted by Gasteiger charge is -2.35. The van der Waals surface area contributed by atoms with Gasteiger partial charge in [-0.2, -0.15) is 18.2 Å². The maximum Gasteiger partial charge on any atom is 0.416 e. The van der Waals surface area contributed by atoms with Crippen LogP contribution >= 0.6 is 0 Å². The number of hydrogen-bond acceptors (Lipinski definition) is 7. The lowest BCUT2D eigenvalue weighted by atomic mass is 10.2. The molecule has 1 fully saturated rings. The minimum atomic E-state index is -4.46. The molecule has 4 rings (SSSR count). The second-order valence-electron chi connectivity index (χ2n) is 7.45. The molecule has 3 heterocycles. The predicted octanol–water partition coefficient (Wildman–Crippen LogP) is 3.44. The van der Waals surface area contributed by atoms with Gasteiger partial charge in [0.2, 0.25) is 11.7 Å². The third-order valence-electron chi connectivity index (χ3n) is 5.26. The van der Waals surface area contributed by atoms with Gasteiger partial charge in [-0.3, -0.25) is 4.79 Å². The van der Waals surface area contributed by atoms with E-state index in [4.69, 9.17) is 9.26 Å². The summed E-state index contributed by atoms with van der Waals surface area (Å²) in [6.07, 6.45) is -2.12. The van der Waals surface area contributed by atoms with E-state index in [0.717, 1.165) is 23.5 Å². The highest BCUT2D eigenvalue weighted by molar-refractivity contribution is 5.78. The van der Waals surface area contributed by atoms with Gasteiger partial charge in [-0.25, -0.2) is 4.98 Å². The number of carbonyl (C=O) groups is 1. The van der Waals surface area contributed by atoms with Crippen LogP contribution in [-0.4, -0.2) is 58.7 Å². The largest absolute Gasteiger partial charge is 0.484 e. The van der Waals surface area contributed by atoms with E-state index in [0.29, 0.717) is 44.3 Å². The molecule has 1 saturated heterocycles. The molecule has 0 aliphatic carbocycles. The fourth-order valence-electron chi connectivity index (χ4n) is 3.40. The number of hydrogen-bond donors (Lipinski definition) is 0. The summed E-state index contributed by atoms with van der Waals surface area (Å²) in [6, 6.07) is 8.23. The number of aryl methyl sites for hydroxylation is 1. The molecular formula is C22H22F3N5O3. The first-order chi connectivity index (χ1) is 15.8. The number of rotatable bonds is 6. The molecule has 1 aliphatic heterocycles. The summed E-state index contributed by atoms with van der Waals surface area (Å²) < 4.78 is 48.8. The Kier molecular flexibility index (Phi) is 6.47. The lowest BCUT2D eigenvalue weighted by molar-refractivity contribution is -0.137. The van der Waals surface area contributed by atoms with Crippen molar-refractivity contribution in [2.75, 3.05) is 37.7 Å². The number of amides is 1. The fourth-order valence-corrected chi connectivity index (χ4v) is 3.40. The molecule has 1 amide bonds. The van der Waals surface area contributed by atoms with Gasteiger partial charge >= 0.3 is 6.18 Å². The van der Waals surface area contributed by atoms with E-state index >= 15 is 0 Å². The van der Waals surface area contributed by atoms with Crippen molar-refractivity contribution in [2.45, 2.75) is 19.5 Å². The zero-order valence-corrected chi connectivity index (χ0v) is 17.9. The normalized spacial score (nSPS) is 14.4. The predicted molar refractivity (Wildman–Crippen MR) is 113 cm³/mol. The molecule has 0 N–H and O–H groups in total. The summed E-state index contributed by atoms with van der Waals surface area (Å²) in [7, 11) is 0. The van der Waals surface area contributed by atoms with Crippen molar-refractivity contribution in [1.29, 1.82) is 0 Å². The summed E-state index contributed by atoms with van der Waals surface area (Å²) in [5.74, 6) is 1.55. The van der Waals surface area contributed by atoms with Gasteiger partial charge in [0.25, 0.3) is 5.91 Å². The number of anilines is 1. The zero-order valence-electron chi connectivity index (χ0n) is 17.9. The van der Waals surface area contributed by atoms with Crippen LogP contribution in [0.25, 0.3) is 11.4 Å². The van der Waals surface area contributed by atoms with Crippen molar-refractivity contribution in [3.05, 3.63) is 54.0 Å². The molecule has 1 aliphatic rings. The van der Waals surface area contributed by atoms with E-state index in [2.05, 4.69) is 20.0 Å². The highest BCUT2D eigenvalue weighted by atomic mass is 19.4. The number of aromatic nitrogens is 3. The van der Waals surface area contributed by atoms with Crippen LogP contribution in [0.1, 0.15) is 18.4 Å². The minimum Gasteiger partial charge on any atom is -0.484 e. The van der Waals surface area contributed by atoms with Crippen LogP contribution in [0.5, 0.6) is 5.75 Å². The number of alkyl halides is 3. The molecule has 11 heteroatoms. The Morgan fingerprint density at radius 1 is 1.15 bits per heavy atom. The molecule has 33 heavy (non-hydrogen) atoms. The van der Waals surface area contributed by atoms with Crippen LogP contribution in [-0.2, 0) is 17.4 Å². The van der Waals surface area contributed by atoms with E-state index in [1.54, 1.807) is 11.1 Å². The molecule has 1 aromatic carbocycles. The summed E-state index contributed by atoms with van der Waals surface area (Å²) >= 11 is 0. The molecule has 0 saturated carbocycles. The van der Waals surface area contributed by atoms with Crippen molar-refractivity contribution in [3.8, 4) is 17.1 Å². The van der Waals surface area contributed by atoms with E-state index in [9.17, 15) is 18.0 Å². The molecule has 0 unspecified atom stereocenters.